The maximum Gasteiger partial charge on any atom is 0.317 e. The molecule has 6 nitrogen and oxygen atoms in total. The van der Waals surface area contributed by atoms with Gasteiger partial charge in [0.1, 0.15) is 11.3 Å². The summed E-state index contributed by atoms with van der Waals surface area (Å²) in [6, 6.07) is 9.65. The van der Waals surface area contributed by atoms with E-state index in [-0.39, 0.29) is 17.6 Å². The van der Waals surface area contributed by atoms with Crippen molar-refractivity contribution in [2.45, 2.75) is 32.4 Å². The maximum absolute atomic E-state index is 12.6. The minimum Gasteiger partial charge on any atom is -0.459 e. The summed E-state index contributed by atoms with van der Waals surface area (Å²) in [7, 11) is 1.80. The quantitative estimate of drug-likeness (QED) is 0.890. The minimum absolute atomic E-state index is 0.0979. The zero-order valence-corrected chi connectivity index (χ0v) is 16.1. The Labute approximate surface area is 155 Å². The second-order valence-electron chi connectivity index (χ2n) is 7.54. The standard InChI is InChI=1S/C20H29N3O3/c1-15(18-13-16-7-5-6-8-17(16)26-18)22(4)19(24)21-14-20(2,3)23-9-11-25-12-10-23/h5-8,13,15H,9-12,14H2,1-4H3,(H,21,24)/t15-/m1/s1. The van der Waals surface area contributed by atoms with Crippen molar-refractivity contribution in [1.82, 2.24) is 15.1 Å². The average molecular weight is 359 g/mol. The second-order valence-corrected chi connectivity index (χ2v) is 7.54. The molecule has 1 aromatic carbocycles. The molecule has 0 bridgehead atoms. The molecule has 2 amide bonds. The molecule has 6 heteroatoms. The van der Waals surface area contributed by atoms with Crippen LogP contribution in [0.15, 0.2) is 34.7 Å². The molecule has 1 N–H and O–H groups in total. The molecule has 0 aliphatic carbocycles. The van der Waals surface area contributed by atoms with Gasteiger partial charge in [-0.25, -0.2) is 4.79 Å². The van der Waals surface area contributed by atoms with E-state index in [1.165, 1.54) is 0 Å². The summed E-state index contributed by atoms with van der Waals surface area (Å²) in [6.45, 7) is 10.2. The van der Waals surface area contributed by atoms with E-state index in [1.807, 2.05) is 37.3 Å². The smallest absolute Gasteiger partial charge is 0.317 e. The van der Waals surface area contributed by atoms with Gasteiger partial charge in [0.05, 0.1) is 19.3 Å². The van der Waals surface area contributed by atoms with Crippen LogP contribution in [0.2, 0.25) is 0 Å². The number of urea groups is 1. The third-order valence-corrected chi connectivity index (χ3v) is 5.30. The minimum atomic E-state index is -0.145. The highest BCUT2D eigenvalue weighted by atomic mass is 16.5. The number of benzene rings is 1. The normalized spacial score (nSPS) is 17.2. The van der Waals surface area contributed by atoms with Crippen molar-refractivity contribution in [1.29, 1.82) is 0 Å². The van der Waals surface area contributed by atoms with Crippen LogP contribution in [0.4, 0.5) is 4.79 Å². The Bertz CT molecular complexity index is 717. The zero-order chi connectivity index (χ0) is 18.7. The monoisotopic (exact) mass is 359 g/mol. The fraction of sp³-hybridized carbons (Fsp3) is 0.550. The number of ether oxygens (including phenoxy) is 1. The van der Waals surface area contributed by atoms with E-state index in [1.54, 1.807) is 11.9 Å². The highest BCUT2D eigenvalue weighted by Gasteiger charge is 2.29. The molecule has 1 aliphatic rings. The van der Waals surface area contributed by atoms with Gasteiger partial charge in [-0.15, -0.1) is 0 Å². The topological polar surface area (TPSA) is 58.0 Å². The molecular formula is C20H29N3O3. The Balaban J connectivity index is 1.59. The largest absolute Gasteiger partial charge is 0.459 e. The first-order valence-corrected chi connectivity index (χ1v) is 9.20. The van der Waals surface area contributed by atoms with Crippen molar-refractivity contribution < 1.29 is 13.9 Å². The lowest BCUT2D eigenvalue weighted by molar-refractivity contribution is -0.00908. The number of para-hydroxylation sites is 1. The lowest BCUT2D eigenvalue weighted by Gasteiger charge is -2.41. The molecule has 142 valence electrons. The highest BCUT2D eigenvalue weighted by molar-refractivity contribution is 5.78. The van der Waals surface area contributed by atoms with Crippen LogP contribution in [0.5, 0.6) is 0 Å². The number of nitrogens with one attached hydrogen (secondary N) is 1. The number of rotatable bonds is 5. The molecule has 1 aliphatic heterocycles. The van der Waals surface area contributed by atoms with E-state index in [0.29, 0.717) is 6.54 Å². The lowest BCUT2D eigenvalue weighted by atomic mass is 10.0. The van der Waals surface area contributed by atoms with E-state index in [2.05, 4.69) is 24.1 Å². The van der Waals surface area contributed by atoms with E-state index in [4.69, 9.17) is 9.15 Å². The number of hydrogen-bond acceptors (Lipinski definition) is 4. The van der Waals surface area contributed by atoms with Gasteiger partial charge >= 0.3 is 6.03 Å². The molecule has 1 aromatic heterocycles. The molecule has 0 radical (unpaired) electrons. The van der Waals surface area contributed by atoms with Crippen molar-refractivity contribution in [2.75, 3.05) is 39.9 Å². The summed E-state index contributed by atoms with van der Waals surface area (Å²) in [4.78, 5) is 16.7. The van der Waals surface area contributed by atoms with Crippen LogP contribution in [-0.2, 0) is 4.74 Å². The molecule has 1 saturated heterocycles. The van der Waals surface area contributed by atoms with Crippen LogP contribution >= 0.6 is 0 Å². The van der Waals surface area contributed by atoms with Crippen molar-refractivity contribution in [2.24, 2.45) is 0 Å². The molecule has 2 heterocycles. The van der Waals surface area contributed by atoms with Crippen LogP contribution in [0, 0.1) is 0 Å². The molecule has 26 heavy (non-hydrogen) atoms. The molecule has 2 aromatic rings. The van der Waals surface area contributed by atoms with Crippen LogP contribution in [0.3, 0.4) is 0 Å². The van der Waals surface area contributed by atoms with Crippen molar-refractivity contribution in [3.63, 3.8) is 0 Å². The first-order valence-electron chi connectivity index (χ1n) is 9.20. The summed E-state index contributed by atoms with van der Waals surface area (Å²) in [5, 5.41) is 4.12. The van der Waals surface area contributed by atoms with Gasteiger partial charge in [0.25, 0.3) is 0 Å². The third-order valence-electron chi connectivity index (χ3n) is 5.30. The van der Waals surface area contributed by atoms with Crippen molar-refractivity contribution in [3.05, 3.63) is 36.1 Å². The average Bonchev–Trinajstić information content (AvgIpc) is 3.10. The van der Waals surface area contributed by atoms with Crippen LogP contribution < -0.4 is 5.32 Å². The van der Waals surface area contributed by atoms with Gasteiger partial charge in [0.2, 0.25) is 0 Å². The fourth-order valence-electron chi connectivity index (χ4n) is 3.27. The molecule has 1 fully saturated rings. The predicted octanol–water partition coefficient (Wildman–Crippen LogP) is 3.25. The highest BCUT2D eigenvalue weighted by Crippen LogP contribution is 2.26. The number of morpholine rings is 1. The van der Waals surface area contributed by atoms with Crippen LogP contribution in [0.1, 0.15) is 32.6 Å². The predicted molar refractivity (Wildman–Crippen MR) is 102 cm³/mol. The number of fused-ring (bicyclic) bond motifs is 1. The maximum atomic E-state index is 12.6. The molecule has 0 saturated carbocycles. The fourth-order valence-corrected chi connectivity index (χ4v) is 3.27. The van der Waals surface area contributed by atoms with Gasteiger partial charge in [0.15, 0.2) is 0 Å². The number of carbonyl (C=O) groups is 1. The van der Waals surface area contributed by atoms with Gasteiger partial charge in [0, 0.05) is 37.6 Å². The van der Waals surface area contributed by atoms with Crippen molar-refractivity contribution >= 4 is 17.0 Å². The Morgan fingerprint density at radius 2 is 2.00 bits per heavy atom. The van der Waals surface area contributed by atoms with Crippen LogP contribution in [0.25, 0.3) is 11.0 Å². The molecule has 0 spiro atoms. The first-order chi connectivity index (χ1) is 12.4. The Kier molecular flexibility index (Phi) is 5.53. The second kappa shape index (κ2) is 7.68. The molecule has 1 atom stereocenters. The van der Waals surface area contributed by atoms with E-state index in [0.717, 1.165) is 43.0 Å². The summed E-state index contributed by atoms with van der Waals surface area (Å²) in [5.74, 6) is 0.788. The van der Waals surface area contributed by atoms with Gasteiger partial charge in [-0.3, -0.25) is 4.90 Å². The Morgan fingerprint density at radius 1 is 1.31 bits per heavy atom. The summed E-state index contributed by atoms with van der Waals surface area (Å²) in [5.41, 5.74) is 0.736. The lowest BCUT2D eigenvalue weighted by Crippen LogP contribution is -2.56. The molecular weight excluding hydrogens is 330 g/mol. The number of amides is 2. The number of carbonyl (C=O) groups excluding carboxylic acids is 1. The van der Waals surface area contributed by atoms with Crippen LogP contribution in [-0.4, -0.2) is 61.3 Å². The van der Waals surface area contributed by atoms with Crippen molar-refractivity contribution in [3.8, 4) is 0 Å². The summed E-state index contributed by atoms with van der Waals surface area (Å²) < 4.78 is 11.3. The zero-order valence-electron chi connectivity index (χ0n) is 16.1. The van der Waals surface area contributed by atoms with E-state index >= 15 is 0 Å². The number of nitrogens with zero attached hydrogens (tertiary/aromatic N) is 2. The van der Waals surface area contributed by atoms with Gasteiger partial charge in [-0.05, 0) is 32.9 Å². The molecule has 0 unspecified atom stereocenters. The first kappa shape index (κ1) is 18.7. The molecule has 3 rings (SSSR count). The Hall–Kier alpha value is -2.05. The third kappa shape index (κ3) is 4.02. The number of furan rings is 1. The SMILES string of the molecule is C[C@H](c1cc2ccccc2o1)N(C)C(=O)NCC(C)(C)N1CCOCC1. The summed E-state index contributed by atoms with van der Waals surface area (Å²) >= 11 is 0. The van der Waals surface area contributed by atoms with Gasteiger partial charge < -0.3 is 19.4 Å². The van der Waals surface area contributed by atoms with E-state index < -0.39 is 0 Å². The Morgan fingerprint density at radius 3 is 2.69 bits per heavy atom. The van der Waals surface area contributed by atoms with Gasteiger partial charge in [-0.2, -0.15) is 0 Å². The van der Waals surface area contributed by atoms with Gasteiger partial charge in [-0.1, -0.05) is 18.2 Å². The van der Waals surface area contributed by atoms with E-state index in [9.17, 15) is 4.79 Å². The number of hydrogen-bond donors (Lipinski definition) is 1. The summed E-state index contributed by atoms with van der Waals surface area (Å²) in [6.07, 6.45) is 0.